The van der Waals surface area contributed by atoms with Gasteiger partial charge in [0.05, 0.1) is 11.8 Å². The lowest BCUT2D eigenvalue weighted by Crippen LogP contribution is -2.29. The van der Waals surface area contributed by atoms with Crippen molar-refractivity contribution in [3.8, 4) is 5.75 Å². The van der Waals surface area contributed by atoms with Crippen molar-refractivity contribution < 1.29 is 14.3 Å². The molecule has 1 aromatic carbocycles. The number of hydrogen-bond donors (Lipinski definition) is 0. The lowest BCUT2D eigenvalue weighted by Gasteiger charge is -2.28. The van der Waals surface area contributed by atoms with Gasteiger partial charge in [0.25, 0.3) is 0 Å². The minimum absolute atomic E-state index is 0.000460. The number of carbonyl (C=O) groups excluding carboxylic acids is 2. The molecule has 0 aliphatic carbocycles. The van der Waals surface area contributed by atoms with Crippen molar-refractivity contribution in [2.45, 2.75) is 32.1 Å². The van der Waals surface area contributed by atoms with E-state index in [0.29, 0.717) is 6.61 Å². The van der Waals surface area contributed by atoms with Crippen LogP contribution in [-0.2, 0) is 15.0 Å². The molecule has 2 heterocycles. The van der Waals surface area contributed by atoms with Gasteiger partial charge in [0.15, 0.2) is 0 Å². The second kappa shape index (κ2) is 4.08. The average Bonchev–Trinajstić information content (AvgIpc) is 2.62. The zero-order chi connectivity index (χ0) is 14.7. The summed E-state index contributed by atoms with van der Waals surface area (Å²) in [5, 5.41) is 0. The minimum atomic E-state index is -0.376. The molecule has 1 saturated heterocycles. The number of amides is 2. The van der Waals surface area contributed by atoms with Crippen LogP contribution in [0, 0.1) is 5.92 Å². The largest absolute Gasteiger partial charge is 0.492 e. The molecule has 2 aliphatic rings. The molecule has 2 aliphatic heterocycles. The number of likely N-dealkylation sites (tertiary alicyclic amines) is 1. The van der Waals surface area contributed by atoms with E-state index >= 15 is 0 Å². The van der Waals surface area contributed by atoms with Crippen LogP contribution in [0.25, 0.3) is 0 Å². The Balaban J connectivity index is 2.12. The summed E-state index contributed by atoms with van der Waals surface area (Å²) < 4.78 is 5.67. The first-order chi connectivity index (χ1) is 9.30. The van der Waals surface area contributed by atoms with Crippen LogP contribution in [0.2, 0.25) is 0 Å². The summed E-state index contributed by atoms with van der Waals surface area (Å²) >= 11 is 0. The molecule has 3 rings (SSSR count). The molecule has 4 heteroatoms. The Hall–Kier alpha value is -1.84. The van der Waals surface area contributed by atoms with E-state index in [1.54, 1.807) is 7.05 Å². The number of hydrogen-bond acceptors (Lipinski definition) is 3. The second-order valence-electron chi connectivity index (χ2n) is 6.63. The number of rotatable bonds is 0. The molecule has 1 fully saturated rings. The molecular formula is C16H19NO3. The molecule has 106 valence electrons. The maximum absolute atomic E-state index is 12.3. The number of ether oxygens (including phenoxy) is 1. The smallest absolute Gasteiger partial charge is 0.237 e. The Labute approximate surface area is 118 Å². The first kappa shape index (κ1) is 13.2. The summed E-state index contributed by atoms with van der Waals surface area (Å²) in [5.74, 6) is -0.258. The Morgan fingerprint density at radius 1 is 1.20 bits per heavy atom. The molecule has 0 N–H and O–H groups in total. The quantitative estimate of drug-likeness (QED) is 0.680. The average molecular weight is 273 g/mol. The third kappa shape index (κ3) is 1.74. The van der Waals surface area contributed by atoms with Gasteiger partial charge in [0, 0.05) is 12.6 Å². The Bertz CT molecular complexity index is 600. The molecular weight excluding hydrogens is 254 g/mol. The zero-order valence-electron chi connectivity index (χ0n) is 12.3. The van der Waals surface area contributed by atoms with Crippen molar-refractivity contribution in [1.29, 1.82) is 0 Å². The second-order valence-corrected chi connectivity index (χ2v) is 6.63. The Kier molecular flexibility index (Phi) is 2.68. The first-order valence-electron chi connectivity index (χ1n) is 6.89. The highest BCUT2D eigenvalue weighted by molar-refractivity contribution is 6.08. The van der Waals surface area contributed by atoms with E-state index in [-0.39, 0.29) is 29.1 Å². The summed E-state index contributed by atoms with van der Waals surface area (Å²) in [7, 11) is 1.55. The van der Waals surface area contributed by atoms with Gasteiger partial charge in [-0.2, -0.15) is 0 Å². The molecule has 0 bridgehead atoms. The molecule has 0 spiro atoms. The maximum atomic E-state index is 12.3. The van der Waals surface area contributed by atoms with Gasteiger partial charge in [-0.15, -0.1) is 0 Å². The van der Waals surface area contributed by atoms with Crippen molar-refractivity contribution in [2.24, 2.45) is 5.92 Å². The number of nitrogens with zero attached hydrogens (tertiary/aromatic N) is 1. The van der Waals surface area contributed by atoms with Gasteiger partial charge in [-0.25, -0.2) is 0 Å². The van der Waals surface area contributed by atoms with Crippen molar-refractivity contribution in [3.63, 3.8) is 0 Å². The van der Waals surface area contributed by atoms with Crippen LogP contribution < -0.4 is 4.74 Å². The van der Waals surface area contributed by atoms with E-state index in [4.69, 9.17) is 4.74 Å². The van der Waals surface area contributed by atoms with Gasteiger partial charge in [-0.1, -0.05) is 32.9 Å². The normalized spacial score (nSPS) is 25.3. The fourth-order valence-corrected chi connectivity index (χ4v) is 2.97. The van der Waals surface area contributed by atoms with Gasteiger partial charge >= 0.3 is 0 Å². The number of benzene rings is 1. The number of imide groups is 1. The molecule has 4 nitrogen and oxygen atoms in total. The van der Waals surface area contributed by atoms with E-state index in [0.717, 1.165) is 16.9 Å². The van der Waals surface area contributed by atoms with E-state index < -0.39 is 0 Å². The van der Waals surface area contributed by atoms with Gasteiger partial charge in [0.2, 0.25) is 11.8 Å². The van der Waals surface area contributed by atoms with Gasteiger partial charge in [-0.05, 0) is 17.0 Å². The summed E-state index contributed by atoms with van der Waals surface area (Å²) in [4.78, 5) is 25.6. The lowest BCUT2D eigenvalue weighted by atomic mass is 9.80. The van der Waals surface area contributed by atoms with Gasteiger partial charge in [-0.3, -0.25) is 14.5 Å². The third-order valence-corrected chi connectivity index (χ3v) is 4.28. The first-order valence-corrected chi connectivity index (χ1v) is 6.89. The Morgan fingerprint density at radius 2 is 1.90 bits per heavy atom. The third-order valence-electron chi connectivity index (χ3n) is 4.28. The molecule has 1 aromatic rings. The van der Waals surface area contributed by atoms with Crippen LogP contribution in [0.15, 0.2) is 18.2 Å². The Morgan fingerprint density at radius 3 is 2.55 bits per heavy atom. The van der Waals surface area contributed by atoms with Crippen molar-refractivity contribution >= 4 is 11.8 Å². The van der Waals surface area contributed by atoms with Crippen LogP contribution in [0.1, 0.15) is 37.8 Å². The molecule has 0 radical (unpaired) electrons. The topological polar surface area (TPSA) is 46.6 Å². The summed E-state index contributed by atoms with van der Waals surface area (Å²) in [5.41, 5.74) is 2.01. The monoisotopic (exact) mass is 273 g/mol. The fraction of sp³-hybridized carbons (Fsp3) is 0.500. The number of carbonyl (C=O) groups is 2. The minimum Gasteiger partial charge on any atom is -0.492 e. The van der Waals surface area contributed by atoms with Gasteiger partial charge in [0.1, 0.15) is 12.4 Å². The molecule has 0 saturated carbocycles. The van der Waals surface area contributed by atoms with Crippen molar-refractivity contribution in [3.05, 3.63) is 29.3 Å². The number of likely N-dealkylation sites (N-methyl/N-ethyl adjacent to an activating group) is 1. The summed E-state index contributed by atoms with van der Waals surface area (Å²) in [6, 6.07) is 5.98. The van der Waals surface area contributed by atoms with Crippen LogP contribution in [-0.4, -0.2) is 30.4 Å². The fourth-order valence-electron chi connectivity index (χ4n) is 2.97. The lowest BCUT2D eigenvalue weighted by molar-refractivity contribution is -0.137. The predicted molar refractivity (Wildman–Crippen MR) is 74.6 cm³/mol. The predicted octanol–water partition coefficient (Wildman–Crippen LogP) is 2.07. The highest BCUT2D eigenvalue weighted by atomic mass is 16.5. The van der Waals surface area contributed by atoms with Gasteiger partial charge < -0.3 is 4.74 Å². The summed E-state index contributed by atoms with van der Waals surface area (Å²) in [6.45, 7) is 6.68. The van der Waals surface area contributed by atoms with Crippen LogP contribution in [0.5, 0.6) is 5.75 Å². The van der Waals surface area contributed by atoms with E-state index in [1.165, 1.54) is 4.90 Å². The van der Waals surface area contributed by atoms with E-state index in [1.807, 2.05) is 18.2 Å². The molecule has 0 aromatic heterocycles. The SMILES string of the molecule is CN1C(=O)C2COc3ccc(C(C)(C)C)cc3C2C1=O. The van der Waals surface area contributed by atoms with Crippen molar-refractivity contribution in [2.75, 3.05) is 13.7 Å². The van der Waals surface area contributed by atoms with Crippen LogP contribution in [0.3, 0.4) is 0 Å². The van der Waals surface area contributed by atoms with Crippen LogP contribution >= 0.6 is 0 Å². The highest BCUT2D eigenvalue weighted by Gasteiger charge is 2.50. The molecule has 2 unspecified atom stereocenters. The van der Waals surface area contributed by atoms with Crippen molar-refractivity contribution in [1.82, 2.24) is 4.90 Å². The molecule has 2 amide bonds. The number of fused-ring (bicyclic) bond motifs is 3. The van der Waals surface area contributed by atoms with Crippen LogP contribution in [0.4, 0.5) is 0 Å². The highest BCUT2D eigenvalue weighted by Crippen LogP contribution is 2.44. The van der Waals surface area contributed by atoms with E-state index in [2.05, 4.69) is 20.8 Å². The van der Waals surface area contributed by atoms with E-state index in [9.17, 15) is 9.59 Å². The summed E-state index contributed by atoms with van der Waals surface area (Å²) in [6.07, 6.45) is 0. The molecule has 20 heavy (non-hydrogen) atoms. The maximum Gasteiger partial charge on any atom is 0.237 e. The molecule has 2 atom stereocenters. The standard InChI is InChI=1S/C16H19NO3/c1-16(2,3)9-5-6-12-10(7-9)13-11(8-20-12)14(18)17(4)15(13)19/h5-7,11,13H,8H2,1-4H3. The zero-order valence-corrected chi connectivity index (χ0v) is 12.3.